The van der Waals surface area contributed by atoms with Gasteiger partial charge in [0.15, 0.2) is 0 Å². The molecule has 1 fully saturated rings. The maximum Gasteiger partial charge on any atom is 0.416 e. The molecule has 0 saturated carbocycles. The molecule has 1 amide bonds. The Kier molecular flexibility index (Phi) is 9.59. The molecule has 14 heteroatoms. The molecule has 2 N–H and O–H groups in total. The third-order valence-corrected chi connectivity index (χ3v) is 9.62. The molecule has 244 valence electrons. The molecule has 10 nitrogen and oxygen atoms in total. The van der Waals surface area contributed by atoms with E-state index in [9.17, 15) is 31.5 Å². The van der Waals surface area contributed by atoms with Gasteiger partial charge in [0.2, 0.25) is 10.0 Å². The van der Waals surface area contributed by atoms with Crippen LogP contribution < -0.4 is 10.2 Å². The fourth-order valence-corrected chi connectivity index (χ4v) is 6.93. The summed E-state index contributed by atoms with van der Waals surface area (Å²) in [5, 5.41) is 18.3. The number of nitrogens with zero attached hydrogens (tertiary/aromatic N) is 5. The van der Waals surface area contributed by atoms with Gasteiger partial charge in [0.1, 0.15) is 0 Å². The maximum atomic E-state index is 14.1. The van der Waals surface area contributed by atoms with Crippen LogP contribution in [0.2, 0.25) is 0 Å². The number of nitrogens with one attached hydrogen (secondary N) is 1. The topological polar surface area (TPSA) is 111 Å². The zero-order valence-electron chi connectivity index (χ0n) is 25.6. The van der Waals surface area contributed by atoms with Crippen LogP contribution in [0.3, 0.4) is 0 Å². The quantitative estimate of drug-likeness (QED) is 0.347. The largest absolute Gasteiger partial charge is 0.416 e. The molecule has 2 aromatic carbocycles. The molecule has 1 unspecified atom stereocenters. The van der Waals surface area contributed by atoms with E-state index in [0.29, 0.717) is 41.0 Å². The molecular formula is C31H39F3N6O4S. The molecule has 0 spiro atoms. The number of aliphatic hydroxyl groups is 1. The highest BCUT2D eigenvalue weighted by Gasteiger charge is 2.35. The minimum atomic E-state index is -4.67. The second-order valence-corrected chi connectivity index (χ2v) is 13.9. The summed E-state index contributed by atoms with van der Waals surface area (Å²) in [4.78, 5) is 17.0. The van der Waals surface area contributed by atoms with Crippen LogP contribution in [0.1, 0.15) is 45.6 Å². The third-order valence-electron chi connectivity index (χ3n) is 8.37. The van der Waals surface area contributed by atoms with Crippen molar-refractivity contribution in [3.8, 4) is 11.3 Å². The van der Waals surface area contributed by atoms with Crippen molar-refractivity contribution >= 4 is 21.6 Å². The van der Waals surface area contributed by atoms with E-state index in [1.165, 1.54) is 16.4 Å². The number of benzene rings is 2. The monoisotopic (exact) mass is 648 g/mol. The predicted octanol–water partition coefficient (Wildman–Crippen LogP) is 3.34. The number of likely N-dealkylation sites (tertiary alicyclic amines) is 1. The van der Waals surface area contributed by atoms with Crippen LogP contribution in [0.5, 0.6) is 0 Å². The average molecular weight is 649 g/mol. The number of β-amino-alcohol motifs (C(OH)–C–C–N with tert-alkyl or cyclic N) is 1. The number of anilines is 1. The van der Waals surface area contributed by atoms with Crippen LogP contribution >= 0.6 is 0 Å². The minimum absolute atomic E-state index is 0.0140. The molecule has 1 atom stereocenters. The molecular weight excluding hydrogens is 609 g/mol. The zero-order valence-corrected chi connectivity index (χ0v) is 26.5. The molecule has 0 aliphatic carbocycles. The van der Waals surface area contributed by atoms with E-state index in [1.807, 2.05) is 0 Å². The Morgan fingerprint density at radius 2 is 1.80 bits per heavy atom. The molecule has 5 rings (SSSR count). The van der Waals surface area contributed by atoms with Gasteiger partial charge >= 0.3 is 6.18 Å². The fraction of sp³-hybridized carbons (Fsp3) is 0.484. The smallest absolute Gasteiger partial charge is 0.390 e. The van der Waals surface area contributed by atoms with Gasteiger partial charge in [-0.15, -0.1) is 0 Å². The van der Waals surface area contributed by atoms with E-state index in [2.05, 4.69) is 10.2 Å². The molecule has 2 aliphatic rings. The van der Waals surface area contributed by atoms with Crippen molar-refractivity contribution < 1.29 is 31.5 Å². The Hall–Kier alpha value is -3.46. The number of hydrogen-bond donors (Lipinski definition) is 2. The van der Waals surface area contributed by atoms with E-state index in [1.54, 1.807) is 47.9 Å². The van der Waals surface area contributed by atoms with Crippen LogP contribution in [0, 0.1) is 0 Å². The van der Waals surface area contributed by atoms with Crippen molar-refractivity contribution in [3.05, 3.63) is 70.4 Å². The van der Waals surface area contributed by atoms with E-state index < -0.39 is 40.3 Å². The highest BCUT2D eigenvalue weighted by Crippen LogP contribution is 2.37. The molecule has 2 aliphatic heterocycles. The van der Waals surface area contributed by atoms with Crippen molar-refractivity contribution in [2.75, 3.05) is 51.4 Å². The molecule has 3 heterocycles. The van der Waals surface area contributed by atoms with Crippen molar-refractivity contribution in [2.24, 2.45) is 0 Å². The van der Waals surface area contributed by atoms with Gasteiger partial charge in [-0.3, -0.25) is 9.48 Å². The second kappa shape index (κ2) is 13.1. The van der Waals surface area contributed by atoms with Gasteiger partial charge in [-0.2, -0.15) is 22.6 Å². The summed E-state index contributed by atoms with van der Waals surface area (Å²) in [7, 11) is -0.00240. The Labute approximate surface area is 261 Å². The van der Waals surface area contributed by atoms with Gasteiger partial charge in [-0.05, 0) is 55.8 Å². The van der Waals surface area contributed by atoms with Crippen LogP contribution in [0.25, 0.3) is 11.3 Å². The number of fused-ring (bicyclic) bond motifs is 1. The number of amides is 1. The van der Waals surface area contributed by atoms with Crippen molar-refractivity contribution in [3.63, 3.8) is 0 Å². The number of rotatable bonds is 10. The number of carbonyl (C=O) groups excluding carboxylic acids is 1. The summed E-state index contributed by atoms with van der Waals surface area (Å²) in [5.41, 5.74) is 1.97. The van der Waals surface area contributed by atoms with Crippen LogP contribution in [-0.4, -0.2) is 91.1 Å². The van der Waals surface area contributed by atoms with E-state index in [-0.39, 0.29) is 25.2 Å². The first-order valence-corrected chi connectivity index (χ1v) is 16.8. The van der Waals surface area contributed by atoms with E-state index in [4.69, 9.17) is 5.10 Å². The normalized spacial score (nSPS) is 16.9. The van der Waals surface area contributed by atoms with Gasteiger partial charge < -0.3 is 20.2 Å². The van der Waals surface area contributed by atoms with E-state index in [0.717, 1.165) is 43.9 Å². The number of hydrogen-bond acceptors (Lipinski definition) is 7. The maximum absolute atomic E-state index is 14.1. The Balaban J connectivity index is 1.49. The standard InChI is InChI=1S/C31H39F3N6O4S/c1-37(2)27-9-5-4-8-24(27)30(42)35-17-22-16-21(10-11-26(22)31(32,33)34)29-25-20-39(45(3,43)44)15-12-28(25)40(36-29)19-23(41)18-38-13-6-7-14-38/h4-5,8-11,16,23,41H,6-7,12-15,17-20H2,1-3H3,(H,35,42). The lowest BCUT2D eigenvalue weighted by atomic mass is 9.97. The molecule has 3 aromatic rings. The number of aromatic nitrogens is 2. The fourth-order valence-electron chi connectivity index (χ4n) is 6.14. The Bertz CT molecular complexity index is 1650. The summed E-state index contributed by atoms with van der Waals surface area (Å²) in [6.07, 6.45) is -1.78. The molecule has 0 radical (unpaired) electrons. The minimum Gasteiger partial charge on any atom is -0.390 e. The van der Waals surface area contributed by atoms with Crippen molar-refractivity contribution in [1.29, 1.82) is 0 Å². The van der Waals surface area contributed by atoms with Crippen LogP contribution in [-0.2, 0) is 42.3 Å². The number of aliphatic hydroxyl groups excluding tert-OH is 1. The molecule has 1 aromatic heterocycles. The number of alkyl halides is 3. The number of para-hydroxylation sites is 1. The summed E-state index contributed by atoms with van der Waals surface area (Å²) < 4.78 is 70.3. The van der Waals surface area contributed by atoms with E-state index >= 15 is 0 Å². The molecule has 1 saturated heterocycles. The lowest BCUT2D eigenvalue weighted by Crippen LogP contribution is -2.37. The summed E-state index contributed by atoms with van der Waals surface area (Å²) in [6, 6.07) is 10.5. The van der Waals surface area contributed by atoms with Gasteiger partial charge in [-0.1, -0.05) is 18.2 Å². The van der Waals surface area contributed by atoms with Crippen molar-refractivity contribution in [2.45, 2.75) is 51.2 Å². The molecule has 0 bridgehead atoms. The average Bonchev–Trinajstić information content (AvgIpc) is 3.62. The number of carbonyl (C=O) groups is 1. The van der Waals surface area contributed by atoms with Crippen LogP contribution in [0.15, 0.2) is 42.5 Å². The third kappa shape index (κ3) is 7.51. The first-order chi connectivity index (χ1) is 21.2. The second-order valence-electron chi connectivity index (χ2n) is 11.9. The lowest BCUT2D eigenvalue weighted by Gasteiger charge is -2.26. The SMILES string of the molecule is CN(C)c1ccccc1C(=O)NCc1cc(-c2nn(CC(O)CN3CCCC3)c3c2CN(S(C)(=O)=O)CC3)ccc1C(F)(F)F. The zero-order chi connectivity index (χ0) is 32.5. The van der Waals surface area contributed by atoms with Crippen molar-refractivity contribution in [1.82, 2.24) is 24.3 Å². The number of halogens is 3. The molecule has 45 heavy (non-hydrogen) atoms. The summed E-state index contributed by atoms with van der Waals surface area (Å²) in [5.74, 6) is -0.518. The summed E-state index contributed by atoms with van der Waals surface area (Å²) >= 11 is 0. The van der Waals surface area contributed by atoms with Gasteiger partial charge in [0.25, 0.3) is 5.91 Å². The first kappa shape index (κ1) is 32.9. The number of sulfonamides is 1. The van der Waals surface area contributed by atoms with Gasteiger partial charge in [-0.25, -0.2) is 8.42 Å². The predicted molar refractivity (Wildman–Crippen MR) is 165 cm³/mol. The highest BCUT2D eigenvalue weighted by molar-refractivity contribution is 7.88. The Morgan fingerprint density at radius 3 is 2.47 bits per heavy atom. The van der Waals surface area contributed by atoms with Gasteiger partial charge in [0.05, 0.1) is 35.7 Å². The Morgan fingerprint density at radius 1 is 1.09 bits per heavy atom. The summed E-state index contributed by atoms with van der Waals surface area (Å²) in [6.45, 7) is 2.32. The van der Waals surface area contributed by atoms with Gasteiger partial charge in [0, 0.05) is 69.2 Å². The lowest BCUT2D eigenvalue weighted by molar-refractivity contribution is -0.138. The first-order valence-electron chi connectivity index (χ1n) is 14.9. The highest BCUT2D eigenvalue weighted by atomic mass is 32.2. The van der Waals surface area contributed by atoms with Crippen LogP contribution in [0.4, 0.5) is 18.9 Å².